The molecule has 0 saturated carbocycles. The minimum atomic E-state index is 0.184. The van der Waals surface area contributed by atoms with Crippen molar-refractivity contribution >= 4 is 16.6 Å². The third-order valence-electron chi connectivity index (χ3n) is 5.97. The molecule has 0 spiro atoms. The monoisotopic (exact) mass is 355 g/mol. The third-order valence-corrected chi connectivity index (χ3v) is 5.97. The van der Waals surface area contributed by atoms with Crippen LogP contribution in [0.3, 0.4) is 0 Å². The molecule has 2 aromatic rings. The molecule has 140 valence electrons. The van der Waals surface area contributed by atoms with Crippen molar-refractivity contribution in [2.75, 3.05) is 37.7 Å². The first-order valence-corrected chi connectivity index (χ1v) is 9.86. The number of nitrogens with zero attached hydrogens (tertiary/aromatic N) is 2. The zero-order chi connectivity index (χ0) is 18.1. The molecule has 0 aliphatic carbocycles. The van der Waals surface area contributed by atoms with Gasteiger partial charge in [-0.3, -0.25) is 9.69 Å². The first kappa shape index (κ1) is 17.6. The normalized spacial score (nSPS) is 22.1. The predicted molar refractivity (Wildman–Crippen MR) is 106 cm³/mol. The molecule has 2 aliphatic heterocycles. The van der Waals surface area contributed by atoms with Gasteiger partial charge in [0.05, 0.1) is 13.2 Å². The number of hydrogen-bond donors (Lipinski definition) is 1. The summed E-state index contributed by atoms with van der Waals surface area (Å²) in [4.78, 5) is 21.5. The molecule has 0 amide bonds. The van der Waals surface area contributed by atoms with Crippen molar-refractivity contribution in [2.24, 2.45) is 0 Å². The fourth-order valence-electron chi connectivity index (χ4n) is 4.24. The third kappa shape index (κ3) is 3.38. The van der Waals surface area contributed by atoms with Gasteiger partial charge in [0.15, 0.2) is 5.43 Å². The van der Waals surface area contributed by atoms with Gasteiger partial charge in [0.1, 0.15) is 0 Å². The highest BCUT2D eigenvalue weighted by Crippen LogP contribution is 2.23. The molecule has 0 bridgehead atoms. The van der Waals surface area contributed by atoms with Crippen LogP contribution in [0.5, 0.6) is 0 Å². The Kier molecular flexibility index (Phi) is 5.00. The number of fused-ring (bicyclic) bond motifs is 1. The molecule has 5 heteroatoms. The zero-order valence-corrected chi connectivity index (χ0v) is 15.9. The average Bonchev–Trinajstić information content (AvgIpc) is 2.67. The standard InChI is InChI=1S/C21H29N3O2/c1-15-5-3-4-8-24(15)14-19-16(2)22-20-7-6-17(13-18(20)21(19)25)23-9-11-26-12-10-23/h6-7,13,15H,3-5,8-12,14H2,1-2H3,(H,22,25)/t15-/m1/s1. The highest BCUT2D eigenvalue weighted by molar-refractivity contribution is 5.83. The number of hydrogen-bond acceptors (Lipinski definition) is 4. The van der Waals surface area contributed by atoms with Gasteiger partial charge in [0.2, 0.25) is 0 Å². The molecule has 2 aliphatic rings. The van der Waals surface area contributed by atoms with E-state index in [1.807, 2.05) is 13.0 Å². The van der Waals surface area contributed by atoms with Crippen LogP contribution in [0.25, 0.3) is 10.9 Å². The van der Waals surface area contributed by atoms with Crippen LogP contribution in [0, 0.1) is 6.92 Å². The number of nitrogens with one attached hydrogen (secondary N) is 1. The first-order chi connectivity index (χ1) is 12.6. The molecule has 2 fully saturated rings. The van der Waals surface area contributed by atoms with Gasteiger partial charge in [-0.15, -0.1) is 0 Å². The summed E-state index contributed by atoms with van der Waals surface area (Å²) in [5.74, 6) is 0. The van der Waals surface area contributed by atoms with Crippen molar-refractivity contribution in [3.05, 3.63) is 39.7 Å². The Bertz CT molecular complexity index is 839. The van der Waals surface area contributed by atoms with Gasteiger partial charge >= 0.3 is 0 Å². The number of morpholine rings is 1. The molecule has 4 rings (SSSR count). The molecule has 1 aromatic carbocycles. The second-order valence-corrected chi connectivity index (χ2v) is 7.70. The number of pyridine rings is 1. The number of ether oxygens (including phenoxy) is 1. The second-order valence-electron chi connectivity index (χ2n) is 7.70. The Balaban J connectivity index is 1.70. The number of rotatable bonds is 3. The topological polar surface area (TPSA) is 48.6 Å². The number of aromatic amines is 1. The number of likely N-dealkylation sites (tertiary alicyclic amines) is 1. The van der Waals surface area contributed by atoms with Crippen molar-refractivity contribution in [3.63, 3.8) is 0 Å². The number of aromatic nitrogens is 1. The van der Waals surface area contributed by atoms with E-state index in [0.29, 0.717) is 6.04 Å². The average molecular weight is 355 g/mol. The molecule has 1 atom stereocenters. The van der Waals surface area contributed by atoms with Gasteiger partial charge < -0.3 is 14.6 Å². The van der Waals surface area contributed by atoms with Crippen LogP contribution >= 0.6 is 0 Å². The Morgan fingerprint density at radius 3 is 2.77 bits per heavy atom. The number of benzene rings is 1. The van der Waals surface area contributed by atoms with Crippen LogP contribution in [0.15, 0.2) is 23.0 Å². The van der Waals surface area contributed by atoms with Gasteiger partial charge in [-0.2, -0.15) is 0 Å². The minimum Gasteiger partial charge on any atom is -0.378 e. The van der Waals surface area contributed by atoms with Gasteiger partial charge in [-0.25, -0.2) is 0 Å². The van der Waals surface area contributed by atoms with E-state index in [1.54, 1.807) is 0 Å². The maximum Gasteiger partial charge on any atom is 0.194 e. The van der Waals surface area contributed by atoms with Crippen molar-refractivity contribution in [3.8, 4) is 0 Å². The quantitative estimate of drug-likeness (QED) is 0.919. The second kappa shape index (κ2) is 7.41. The fraction of sp³-hybridized carbons (Fsp3) is 0.571. The van der Waals surface area contributed by atoms with Gasteiger partial charge in [-0.1, -0.05) is 6.42 Å². The Morgan fingerprint density at radius 1 is 1.19 bits per heavy atom. The molecule has 1 aromatic heterocycles. The lowest BCUT2D eigenvalue weighted by Gasteiger charge is -2.33. The molecule has 5 nitrogen and oxygen atoms in total. The van der Waals surface area contributed by atoms with Crippen molar-refractivity contribution in [2.45, 2.75) is 45.7 Å². The molecular formula is C21H29N3O2. The van der Waals surface area contributed by atoms with E-state index in [-0.39, 0.29) is 5.43 Å². The van der Waals surface area contributed by atoms with E-state index in [1.165, 1.54) is 19.3 Å². The molecule has 0 unspecified atom stereocenters. The summed E-state index contributed by atoms with van der Waals surface area (Å²) >= 11 is 0. The maximum absolute atomic E-state index is 13.3. The summed E-state index contributed by atoms with van der Waals surface area (Å²) in [5.41, 5.74) is 4.15. The smallest absolute Gasteiger partial charge is 0.194 e. The van der Waals surface area contributed by atoms with Gasteiger partial charge in [-0.05, 0) is 51.4 Å². The summed E-state index contributed by atoms with van der Waals surface area (Å²) in [6.45, 7) is 9.41. The number of aryl methyl sites for hydroxylation is 1. The fourth-order valence-corrected chi connectivity index (χ4v) is 4.24. The summed E-state index contributed by atoms with van der Waals surface area (Å²) in [6, 6.07) is 6.76. The predicted octanol–water partition coefficient (Wildman–Crippen LogP) is 3.05. The molecule has 3 heterocycles. The summed E-state index contributed by atoms with van der Waals surface area (Å²) in [5, 5.41) is 0.805. The van der Waals surface area contributed by atoms with Crippen LogP contribution in [0.2, 0.25) is 0 Å². The lowest BCUT2D eigenvalue weighted by atomic mass is 10.0. The molecule has 1 N–H and O–H groups in total. The van der Waals surface area contributed by atoms with Crippen LogP contribution < -0.4 is 10.3 Å². The highest BCUT2D eigenvalue weighted by Gasteiger charge is 2.21. The SMILES string of the molecule is Cc1[nH]c2ccc(N3CCOCC3)cc2c(=O)c1CN1CCCC[C@H]1C. The van der Waals surface area contributed by atoms with Crippen LogP contribution in [-0.2, 0) is 11.3 Å². The van der Waals surface area contributed by atoms with Crippen molar-refractivity contribution < 1.29 is 4.74 Å². The minimum absolute atomic E-state index is 0.184. The Labute approximate surface area is 154 Å². The molecule has 2 saturated heterocycles. The van der Waals surface area contributed by atoms with E-state index >= 15 is 0 Å². The lowest BCUT2D eigenvalue weighted by Crippen LogP contribution is -2.38. The van der Waals surface area contributed by atoms with E-state index in [9.17, 15) is 4.79 Å². The summed E-state index contributed by atoms with van der Waals surface area (Å²) in [6.07, 6.45) is 3.76. The van der Waals surface area contributed by atoms with Gasteiger partial charge in [0.25, 0.3) is 0 Å². The molecule has 26 heavy (non-hydrogen) atoms. The highest BCUT2D eigenvalue weighted by atomic mass is 16.5. The van der Waals surface area contributed by atoms with E-state index in [0.717, 1.165) is 67.2 Å². The van der Waals surface area contributed by atoms with Crippen LogP contribution in [-0.4, -0.2) is 48.8 Å². The lowest BCUT2D eigenvalue weighted by molar-refractivity contribution is 0.122. The Hall–Kier alpha value is -1.85. The van der Waals surface area contributed by atoms with Gasteiger partial charge in [0, 0.05) is 53.5 Å². The summed E-state index contributed by atoms with van der Waals surface area (Å²) in [7, 11) is 0. The maximum atomic E-state index is 13.3. The number of piperidine rings is 1. The van der Waals surface area contributed by atoms with E-state index in [4.69, 9.17) is 4.74 Å². The zero-order valence-electron chi connectivity index (χ0n) is 15.9. The molecular weight excluding hydrogens is 326 g/mol. The van der Waals surface area contributed by atoms with E-state index in [2.05, 4.69) is 33.8 Å². The van der Waals surface area contributed by atoms with Crippen molar-refractivity contribution in [1.82, 2.24) is 9.88 Å². The number of H-pyrrole nitrogens is 1. The van der Waals surface area contributed by atoms with E-state index < -0.39 is 0 Å². The summed E-state index contributed by atoms with van der Waals surface area (Å²) < 4.78 is 5.45. The molecule has 0 radical (unpaired) electrons. The van der Waals surface area contributed by atoms with Crippen molar-refractivity contribution in [1.29, 1.82) is 0 Å². The number of anilines is 1. The largest absolute Gasteiger partial charge is 0.378 e. The first-order valence-electron chi connectivity index (χ1n) is 9.86. The van der Waals surface area contributed by atoms with Crippen LogP contribution in [0.4, 0.5) is 5.69 Å². The van der Waals surface area contributed by atoms with Crippen LogP contribution in [0.1, 0.15) is 37.4 Å². The Morgan fingerprint density at radius 2 is 2.00 bits per heavy atom.